The number of carbonyl (C=O) groups excluding carboxylic acids is 1. The summed E-state index contributed by atoms with van der Waals surface area (Å²) in [5.41, 5.74) is -1.25. The first kappa shape index (κ1) is 13.1. The first-order chi connectivity index (χ1) is 7.16. The van der Waals surface area contributed by atoms with Crippen molar-refractivity contribution < 1.29 is 9.53 Å². The number of ether oxygens (including phenoxy) is 1. The summed E-state index contributed by atoms with van der Waals surface area (Å²) in [6.07, 6.45) is 0.308. The van der Waals surface area contributed by atoms with E-state index in [9.17, 15) is 4.79 Å². The molecule has 0 unspecified atom stereocenters. The van der Waals surface area contributed by atoms with Gasteiger partial charge in [-0.05, 0) is 13.8 Å². The number of hydrogen-bond acceptors (Lipinski definition) is 3. The van der Waals surface area contributed by atoms with Crippen molar-refractivity contribution in [2.45, 2.75) is 26.7 Å². The van der Waals surface area contributed by atoms with Gasteiger partial charge in [0, 0.05) is 12.8 Å². The van der Waals surface area contributed by atoms with E-state index in [2.05, 4.69) is 28.4 Å². The molecule has 0 aromatic rings. The first-order valence-electron chi connectivity index (χ1n) is 4.45. The largest absolute Gasteiger partial charge is 0.468 e. The van der Waals surface area contributed by atoms with E-state index in [1.807, 2.05) is 6.07 Å². The molecule has 0 saturated heterocycles. The Morgan fingerprint density at radius 2 is 1.73 bits per heavy atom. The molecule has 0 saturated carbocycles. The molecule has 0 spiro atoms. The van der Waals surface area contributed by atoms with Crippen LogP contribution < -0.4 is 0 Å². The molecule has 0 bridgehead atoms. The van der Waals surface area contributed by atoms with Crippen LogP contribution in [0.25, 0.3) is 0 Å². The highest BCUT2D eigenvalue weighted by Gasteiger charge is 2.38. The van der Waals surface area contributed by atoms with E-state index in [-0.39, 0.29) is 12.8 Å². The SMILES string of the molecule is CC#CCC(C#N)(CC#CC)C(=O)OC. The Balaban J connectivity index is 5.05. The molecule has 0 N–H and O–H groups in total. The maximum Gasteiger partial charge on any atom is 0.328 e. The second kappa shape index (κ2) is 6.52. The number of carbonyl (C=O) groups is 1. The van der Waals surface area contributed by atoms with Crippen molar-refractivity contribution in [3.8, 4) is 29.8 Å². The monoisotopic (exact) mass is 203 g/mol. The molecule has 0 aromatic carbocycles. The minimum atomic E-state index is -1.25. The van der Waals surface area contributed by atoms with Crippen LogP contribution in [-0.4, -0.2) is 13.1 Å². The van der Waals surface area contributed by atoms with Crippen molar-refractivity contribution in [2.75, 3.05) is 7.11 Å². The van der Waals surface area contributed by atoms with E-state index < -0.39 is 11.4 Å². The van der Waals surface area contributed by atoms with Crippen molar-refractivity contribution in [2.24, 2.45) is 5.41 Å². The summed E-state index contributed by atoms with van der Waals surface area (Å²) in [6.45, 7) is 3.32. The second-order valence-corrected chi connectivity index (χ2v) is 2.89. The summed E-state index contributed by atoms with van der Waals surface area (Å²) in [5, 5.41) is 9.04. The van der Waals surface area contributed by atoms with Crippen LogP contribution in [0.15, 0.2) is 0 Å². The molecule has 0 aromatic heterocycles. The zero-order chi connectivity index (χ0) is 11.7. The number of hydrogen-bond donors (Lipinski definition) is 0. The van der Waals surface area contributed by atoms with Crippen LogP contribution in [0.5, 0.6) is 0 Å². The molecule has 0 aliphatic heterocycles. The molecule has 0 aliphatic carbocycles. The highest BCUT2D eigenvalue weighted by molar-refractivity contribution is 5.80. The molecular weight excluding hydrogens is 190 g/mol. The predicted molar refractivity (Wildman–Crippen MR) is 56.2 cm³/mol. The van der Waals surface area contributed by atoms with Gasteiger partial charge in [0.15, 0.2) is 5.41 Å². The van der Waals surface area contributed by atoms with Gasteiger partial charge in [-0.2, -0.15) is 5.26 Å². The molecule has 0 heterocycles. The summed E-state index contributed by atoms with van der Waals surface area (Å²) in [5.74, 6) is 10.2. The minimum absolute atomic E-state index is 0.154. The maximum atomic E-state index is 11.5. The van der Waals surface area contributed by atoms with Crippen LogP contribution in [0.2, 0.25) is 0 Å². The Labute approximate surface area is 90.4 Å². The van der Waals surface area contributed by atoms with Crippen LogP contribution in [0.1, 0.15) is 26.7 Å². The fraction of sp³-hybridized carbons (Fsp3) is 0.500. The summed E-state index contributed by atoms with van der Waals surface area (Å²) in [7, 11) is 1.26. The Kier molecular flexibility index (Phi) is 5.69. The van der Waals surface area contributed by atoms with Crippen LogP contribution in [0, 0.1) is 40.4 Å². The topological polar surface area (TPSA) is 50.1 Å². The third-order valence-electron chi connectivity index (χ3n) is 1.92. The first-order valence-corrected chi connectivity index (χ1v) is 4.45. The molecule has 15 heavy (non-hydrogen) atoms. The molecule has 0 atom stereocenters. The zero-order valence-corrected chi connectivity index (χ0v) is 9.18. The lowest BCUT2D eigenvalue weighted by Crippen LogP contribution is -2.30. The number of nitriles is 1. The molecule has 0 radical (unpaired) electrons. The lowest BCUT2D eigenvalue weighted by molar-refractivity contribution is -0.148. The molecule has 78 valence electrons. The zero-order valence-electron chi connectivity index (χ0n) is 9.18. The Morgan fingerprint density at radius 1 is 1.27 bits per heavy atom. The third-order valence-corrected chi connectivity index (χ3v) is 1.92. The van der Waals surface area contributed by atoms with Gasteiger partial charge >= 0.3 is 5.97 Å². The molecule has 3 heteroatoms. The minimum Gasteiger partial charge on any atom is -0.468 e. The molecular formula is C12H13NO2. The quantitative estimate of drug-likeness (QED) is 0.516. The molecule has 3 nitrogen and oxygen atoms in total. The number of esters is 1. The van der Waals surface area contributed by atoms with E-state index in [0.717, 1.165) is 0 Å². The van der Waals surface area contributed by atoms with Crippen LogP contribution >= 0.6 is 0 Å². The second-order valence-electron chi connectivity index (χ2n) is 2.89. The average molecular weight is 203 g/mol. The molecule has 0 fully saturated rings. The highest BCUT2D eigenvalue weighted by Crippen LogP contribution is 2.26. The number of methoxy groups -OCH3 is 1. The predicted octanol–water partition coefficient (Wildman–Crippen LogP) is 1.50. The Morgan fingerprint density at radius 3 is 2.00 bits per heavy atom. The van der Waals surface area contributed by atoms with E-state index in [1.54, 1.807) is 13.8 Å². The van der Waals surface area contributed by atoms with Gasteiger partial charge in [0.25, 0.3) is 0 Å². The van der Waals surface area contributed by atoms with Crippen LogP contribution in [0.4, 0.5) is 0 Å². The maximum absolute atomic E-state index is 11.5. The Hall–Kier alpha value is -1.92. The normalized spacial score (nSPS) is 8.67. The number of nitrogens with zero attached hydrogens (tertiary/aromatic N) is 1. The van der Waals surface area contributed by atoms with Crippen molar-refractivity contribution in [1.82, 2.24) is 0 Å². The van der Waals surface area contributed by atoms with Gasteiger partial charge in [0.2, 0.25) is 0 Å². The van der Waals surface area contributed by atoms with Crippen LogP contribution in [-0.2, 0) is 9.53 Å². The van der Waals surface area contributed by atoms with Gasteiger partial charge in [-0.15, -0.1) is 23.7 Å². The van der Waals surface area contributed by atoms with Crippen LogP contribution in [0.3, 0.4) is 0 Å². The lowest BCUT2D eigenvalue weighted by atomic mass is 9.83. The fourth-order valence-electron chi connectivity index (χ4n) is 1.01. The average Bonchev–Trinajstić information content (AvgIpc) is 2.29. The summed E-state index contributed by atoms with van der Waals surface area (Å²) in [6, 6.07) is 1.96. The van der Waals surface area contributed by atoms with Gasteiger partial charge in [-0.25, -0.2) is 0 Å². The van der Waals surface area contributed by atoms with Gasteiger partial charge in [0.1, 0.15) is 0 Å². The van der Waals surface area contributed by atoms with Gasteiger partial charge < -0.3 is 4.74 Å². The van der Waals surface area contributed by atoms with Crippen molar-refractivity contribution in [3.63, 3.8) is 0 Å². The van der Waals surface area contributed by atoms with Gasteiger partial charge in [0.05, 0.1) is 13.2 Å². The van der Waals surface area contributed by atoms with E-state index >= 15 is 0 Å². The van der Waals surface area contributed by atoms with Gasteiger partial charge in [-0.1, -0.05) is 0 Å². The fourth-order valence-corrected chi connectivity index (χ4v) is 1.01. The van der Waals surface area contributed by atoms with Crippen molar-refractivity contribution in [1.29, 1.82) is 5.26 Å². The number of rotatable bonds is 3. The Bertz CT molecular complexity index is 360. The molecule has 0 amide bonds. The van der Waals surface area contributed by atoms with E-state index in [0.29, 0.717) is 0 Å². The smallest absolute Gasteiger partial charge is 0.328 e. The van der Waals surface area contributed by atoms with E-state index in [4.69, 9.17) is 5.26 Å². The summed E-state index contributed by atoms with van der Waals surface area (Å²) >= 11 is 0. The van der Waals surface area contributed by atoms with Crippen molar-refractivity contribution >= 4 is 5.97 Å². The molecule has 0 rings (SSSR count). The van der Waals surface area contributed by atoms with E-state index in [1.165, 1.54) is 7.11 Å². The summed E-state index contributed by atoms with van der Waals surface area (Å²) in [4.78, 5) is 11.5. The molecule has 0 aliphatic rings. The highest BCUT2D eigenvalue weighted by atomic mass is 16.5. The lowest BCUT2D eigenvalue weighted by Gasteiger charge is -2.18. The van der Waals surface area contributed by atoms with Crippen molar-refractivity contribution in [3.05, 3.63) is 0 Å². The standard InChI is InChI=1S/C12H13NO2/c1-4-6-8-12(10-13,9-7-5-2)11(14)15-3/h8-9H2,1-3H3. The third kappa shape index (κ3) is 3.37. The summed E-state index contributed by atoms with van der Waals surface area (Å²) < 4.78 is 4.60. The van der Waals surface area contributed by atoms with Gasteiger partial charge in [-0.3, -0.25) is 4.79 Å².